The van der Waals surface area contributed by atoms with E-state index in [4.69, 9.17) is 9.47 Å². The first-order chi connectivity index (χ1) is 18.9. The Labute approximate surface area is 229 Å². The van der Waals surface area contributed by atoms with Gasteiger partial charge in [-0.2, -0.15) is 8.78 Å². The number of carbonyl (C=O) groups excluding carboxylic acids is 1. The lowest BCUT2D eigenvalue weighted by Crippen LogP contribution is -2.44. The molecule has 0 bridgehead atoms. The molecule has 1 aliphatic heterocycles. The average Bonchev–Trinajstić information content (AvgIpc) is 3.30. The number of nitrogens with one attached hydrogen (secondary N) is 2. The Bertz CT molecular complexity index is 1470. The molecule has 1 fully saturated rings. The van der Waals surface area contributed by atoms with Gasteiger partial charge in [-0.05, 0) is 48.4 Å². The Hall–Kier alpha value is -3.52. The highest BCUT2D eigenvalue weighted by atomic mass is 32.2. The molecule has 3 aromatic rings. The molecule has 0 aliphatic carbocycles. The average molecular weight is 587 g/mol. The number of fused-ring (bicyclic) bond motifs is 1. The molecule has 1 aliphatic rings. The molecule has 4 rings (SSSR count). The number of aromatic nitrogens is 1. The van der Waals surface area contributed by atoms with Crippen molar-refractivity contribution in [2.75, 3.05) is 51.3 Å². The van der Waals surface area contributed by atoms with Gasteiger partial charge in [0, 0.05) is 51.2 Å². The van der Waals surface area contributed by atoms with Gasteiger partial charge in [-0.3, -0.25) is 4.79 Å². The maximum Gasteiger partial charge on any atom is 0.340 e. The van der Waals surface area contributed by atoms with Crippen molar-refractivity contribution in [1.29, 1.82) is 0 Å². The van der Waals surface area contributed by atoms with Gasteiger partial charge in [0.2, 0.25) is 5.91 Å². The van der Waals surface area contributed by atoms with E-state index in [1.54, 1.807) is 23.1 Å². The molecule has 218 valence electrons. The number of hydrogen-bond donors (Lipinski definition) is 2. The van der Waals surface area contributed by atoms with Crippen LogP contribution in [-0.4, -0.2) is 77.1 Å². The standard InChI is InChI=1S/C26H30F4N4O5S/c1-17(35)32-8-7-18-15-34(22-5-3-19(38-2)13-21(18)22)40(36,37)20-4-6-24(39-16-26(29,30)25(27)28)23(14-20)33-11-9-31-10-12-33/h3-6,13-15,25,31H,7-12,16H2,1-2H3,(H,32,35). The first kappa shape index (κ1) is 29.5. The number of ether oxygens (including phenoxy) is 2. The number of anilines is 1. The van der Waals surface area contributed by atoms with Gasteiger partial charge < -0.3 is 25.0 Å². The van der Waals surface area contributed by atoms with Gasteiger partial charge in [0.25, 0.3) is 10.0 Å². The molecule has 14 heteroatoms. The van der Waals surface area contributed by atoms with E-state index in [-0.39, 0.29) is 28.8 Å². The second kappa shape index (κ2) is 11.9. The van der Waals surface area contributed by atoms with E-state index in [1.165, 1.54) is 38.4 Å². The summed E-state index contributed by atoms with van der Waals surface area (Å²) in [5, 5.41) is 6.45. The van der Waals surface area contributed by atoms with Crippen molar-refractivity contribution in [2.24, 2.45) is 0 Å². The summed E-state index contributed by atoms with van der Waals surface area (Å²) in [6.45, 7) is 2.05. The fraction of sp³-hybridized carbons (Fsp3) is 0.423. The molecule has 40 heavy (non-hydrogen) atoms. The highest BCUT2D eigenvalue weighted by Crippen LogP contribution is 2.36. The molecular weight excluding hydrogens is 556 g/mol. The van der Waals surface area contributed by atoms with E-state index < -0.39 is 29.0 Å². The van der Waals surface area contributed by atoms with Crippen LogP contribution >= 0.6 is 0 Å². The third-order valence-electron chi connectivity index (χ3n) is 6.51. The fourth-order valence-electron chi connectivity index (χ4n) is 4.43. The number of alkyl halides is 4. The largest absolute Gasteiger partial charge is 0.497 e. The van der Waals surface area contributed by atoms with Crippen LogP contribution in [0.1, 0.15) is 12.5 Å². The summed E-state index contributed by atoms with van der Waals surface area (Å²) < 4.78 is 92.0. The Kier molecular flexibility index (Phi) is 8.78. The molecule has 0 spiro atoms. The number of methoxy groups -OCH3 is 1. The Morgan fingerprint density at radius 2 is 1.88 bits per heavy atom. The Balaban J connectivity index is 1.76. The zero-order valence-corrected chi connectivity index (χ0v) is 22.7. The number of benzene rings is 2. The summed E-state index contributed by atoms with van der Waals surface area (Å²) in [5.41, 5.74) is 1.23. The van der Waals surface area contributed by atoms with Crippen LogP contribution in [-0.2, 0) is 21.2 Å². The maximum absolute atomic E-state index is 13.9. The molecule has 9 nitrogen and oxygen atoms in total. The predicted molar refractivity (Wildman–Crippen MR) is 141 cm³/mol. The normalized spacial score (nSPS) is 14.5. The van der Waals surface area contributed by atoms with E-state index in [2.05, 4.69) is 10.6 Å². The number of carbonyl (C=O) groups is 1. The molecule has 1 saturated heterocycles. The topological polar surface area (TPSA) is 102 Å². The number of amides is 1. The highest BCUT2D eigenvalue weighted by molar-refractivity contribution is 7.90. The van der Waals surface area contributed by atoms with E-state index >= 15 is 0 Å². The van der Waals surface area contributed by atoms with Crippen LogP contribution in [0.25, 0.3) is 10.9 Å². The lowest BCUT2D eigenvalue weighted by Gasteiger charge is -2.31. The molecule has 1 aromatic heterocycles. The van der Waals surface area contributed by atoms with Gasteiger partial charge in [0.1, 0.15) is 11.5 Å². The van der Waals surface area contributed by atoms with E-state index in [1.807, 2.05) is 0 Å². The first-order valence-electron chi connectivity index (χ1n) is 12.5. The van der Waals surface area contributed by atoms with Crippen molar-refractivity contribution in [3.8, 4) is 11.5 Å². The zero-order valence-electron chi connectivity index (χ0n) is 21.9. The zero-order chi connectivity index (χ0) is 29.1. The number of rotatable bonds is 11. The van der Waals surface area contributed by atoms with Crippen molar-refractivity contribution in [1.82, 2.24) is 14.6 Å². The second-order valence-corrected chi connectivity index (χ2v) is 11.1. The van der Waals surface area contributed by atoms with Crippen LogP contribution in [0.4, 0.5) is 23.2 Å². The van der Waals surface area contributed by atoms with Gasteiger partial charge in [0.15, 0.2) is 6.61 Å². The fourth-order valence-corrected chi connectivity index (χ4v) is 5.84. The summed E-state index contributed by atoms with van der Waals surface area (Å²) in [6.07, 6.45) is -2.09. The second-order valence-electron chi connectivity index (χ2n) is 9.29. The lowest BCUT2D eigenvalue weighted by atomic mass is 10.1. The van der Waals surface area contributed by atoms with Gasteiger partial charge in [-0.25, -0.2) is 21.2 Å². The molecule has 0 unspecified atom stereocenters. The van der Waals surface area contributed by atoms with Crippen molar-refractivity contribution in [3.63, 3.8) is 0 Å². The third kappa shape index (κ3) is 6.28. The molecule has 1 amide bonds. The third-order valence-corrected chi connectivity index (χ3v) is 8.18. The number of piperazine rings is 1. The predicted octanol–water partition coefficient (Wildman–Crippen LogP) is 3.25. The summed E-state index contributed by atoms with van der Waals surface area (Å²) in [6, 6.07) is 8.65. The number of hydrogen-bond acceptors (Lipinski definition) is 7. The van der Waals surface area contributed by atoms with E-state index in [9.17, 15) is 30.8 Å². The lowest BCUT2D eigenvalue weighted by molar-refractivity contribution is -0.148. The van der Waals surface area contributed by atoms with E-state index in [0.717, 1.165) is 3.97 Å². The number of nitrogens with zero attached hydrogens (tertiary/aromatic N) is 2. The summed E-state index contributed by atoms with van der Waals surface area (Å²) in [7, 11) is -2.73. The minimum absolute atomic E-state index is 0.126. The van der Waals surface area contributed by atoms with Gasteiger partial charge >= 0.3 is 12.3 Å². The quantitative estimate of drug-likeness (QED) is 0.333. The Morgan fingerprint density at radius 3 is 2.52 bits per heavy atom. The summed E-state index contributed by atoms with van der Waals surface area (Å²) >= 11 is 0. The molecule has 0 radical (unpaired) electrons. The van der Waals surface area contributed by atoms with Crippen LogP contribution in [0.2, 0.25) is 0 Å². The summed E-state index contributed by atoms with van der Waals surface area (Å²) in [4.78, 5) is 13.0. The molecule has 0 saturated carbocycles. The van der Waals surface area contributed by atoms with Crippen LogP contribution in [0.15, 0.2) is 47.5 Å². The van der Waals surface area contributed by atoms with Gasteiger partial charge in [-0.1, -0.05) is 0 Å². The molecular formula is C26H30F4N4O5S. The molecule has 2 heterocycles. The van der Waals surface area contributed by atoms with Crippen molar-refractivity contribution < 1.29 is 40.2 Å². The Morgan fingerprint density at radius 1 is 1.15 bits per heavy atom. The van der Waals surface area contributed by atoms with Crippen molar-refractivity contribution >= 4 is 32.5 Å². The van der Waals surface area contributed by atoms with Crippen LogP contribution < -0.4 is 25.0 Å². The van der Waals surface area contributed by atoms with Crippen molar-refractivity contribution in [3.05, 3.63) is 48.2 Å². The van der Waals surface area contributed by atoms with Crippen LogP contribution in [0.5, 0.6) is 11.5 Å². The van der Waals surface area contributed by atoms with Crippen LogP contribution in [0, 0.1) is 0 Å². The van der Waals surface area contributed by atoms with E-state index in [0.29, 0.717) is 54.8 Å². The smallest absolute Gasteiger partial charge is 0.340 e. The monoisotopic (exact) mass is 586 g/mol. The molecule has 2 N–H and O–H groups in total. The van der Waals surface area contributed by atoms with Gasteiger partial charge in [-0.15, -0.1) is 0 Å². The summed E-state index contributed by atoms with van der Waals surface area (Å²) in [5.74, 6) is -4.20. The number of halogens is 4. The van der Waals surface area contributed by atoms with Crippen molar-refractivity contribution in [2.45, 2.75) is 30.6 Å². The highest BCUT2D eigenvalue weighted by Gasteiger charge is 2.42. The van der Waals surface area contributed by atoms with Gasteiger partial charge in [0.05, 0.1) is 23.2 Å². The minimum Gasteiger partial charge on any atom is -0.497 e. The molecule has 2 aromatic carbocycles. The van der Waals surface area contributed by atoms with Crippen LogP contribution in [0.3, 0.4) is 0 Å². The maximum atomic E-state index is 13.9. The first-order valence-corrected chi connectivity index (χ1v) is 13.9. The minimum atomic E-state index is -4.37. The molecule has 0 atom stereocenters. The SMILES string of the molecule is COc1ccc2c(c1)c(CCNC(C)=O)cn2S(=O)(=O)c1ccc(OCC(F)(F)C(F)F)c(N2CCNCC2)c1.